The fraction of sp³-hybridized carbons (Fsp3) is 0.308. The first-order chi connectivity index (χ1) is 19.0. The molecule has 226 valence electrons. The topological polar surface area (TPSA) is 60.0 Å². The fourth-order valence-corrected chi connectivity index (χ4v) is 3.78. The highest BCUT2D eigenvalue weighted by Crippen LogP contribution is 2.61. The molecule has 0 fully saturated rings. The van der Waals surface area contributed by atoms with Gasteiger partial charge in [-0.05, 0) is 30.7 Å². The molecular formula is C26H17F12N3O. The van der Waals surface area contributed by atoms with Crippen LogP contribution in [0.3, 0.4) is 0 Å². The minimum atomic E-state index is -6.89. The first kappa shape index (κ1) is 33.9. The number of benzene rings is 1. The lowest BCUT2D eigenvalue weighted by Crippen LogP contribution is -2.59. The van der Waals surface area contributed by atoms with Gasteiger partial charge in [-0.3, -0.25) is 0 Å². The van der Waals surface area contributed by atoms with Crippen LogP contribution in [0.5, 0.6) is 0 Å². The average Bonchev–Trinajstić information content (AvgIpc) is 3.20. The van der Waals surface area contributed by atoms with Crippen LogP contribution in [0.2, 0.25) is 0 Å². The Morgan fingerprint density at radius 3 is 1.74 bits per heavy atom. The lowest BCUT2D eigenvalue weighted by molar-refractivity contribution is -0.351. The summed E-state index contributed by atoms with van der Waals surface area (Å²) in [6.45, 7) is 0.505. The Kier molecular flexibility index (Phi) is 9.28. The molecule has 0 bridgehead atoms. The molecule has 42 heavy (non-hydrogen) atoms. The summed E-state index contributed by atoms with van der Waals surface area (Å²) in [4.78, 5) is 1.70. The molecule has 0 amide bonds. The number of alkyl halides is 12. The van der Waals surface area contributed by atoms with Gasteiger partial charge in [0.2, 0.25) is 0 Å². The van der Waals surface area contributed by atoms with Crippen LogP contribution in [0.15, 0.2) is 76.1 Å². The highest BCUT2D eigenvalue weighted by molar-refractivity contribution is 5.65. The minimum Gasteiger partial charge on any atom is -0.462 e. The summed E-state index contributed by atoms with van der Waals surface area (Å²) < 4.78 is 173. The number of ether oxygens (including phenoxy) is 1. The minimum absolute atomic E-state index is 0.316. The number of nitriles is 2. The molecule has 0 unspecified atom stereocenters. The van der Waals surface area contributed by atoms with Crippen LogP contribution in [-0.2, 0) is 4.74 Å². The molecule has 0 spiro atoms. The number of nitrogens with zero attached hydrogens (tertiary/aromatic N) is 3. The third kappa shape index (κ3) is 6.42. The Labute approximate surface area is 230 Å². The van der Waals surface area contributed by atoms with Crippen molar-refractivity contribution in [2.45, 2.75) is 37.2 Å². The molecule has 1 aromatic carbocycles. The Bertz CT molecular complexity index is 1420. The van der Waals surface area contributed by atoms with E-state index >= 15 is 0 Å². The van der Waals surface area contributed by atoms with Gasteiger partial charge in [-0.25, -0.2) is 0 Å². The molecule has 1 heterocycles. The van der Waals surface area contributed by atoms with Crippen molar-refractivity contribution in [3.05, 3.63) is 81.7 Å². The highest BCUT2D eigenvalue weighted by Gasteiger charge is 2.80. The predicted molar refractivity (Wildman–Crippen MR) is 125 cm³/mol. The second-order valence-corrected chi connectivity index (χ2v) is 8.69. The molecule has 1 aliphatic rings. The van der Waals surface area contributed by atoms with E-state index in [1.165, 1.54) is 12.1 Å². The highest BCUT2D eigenvalue weighted by atomic mass is 19.4. The molecule has 0 saturated heterocycles. The molecule has 1 aliphatic heterocycles. The van der Waals surface area contributed by atoms with E-state index in [0.29, 0.717) is 30.3 Å². The maximum Gasteiger partial charge on any atom is 0.442 e. The molecule has 1 aromatic rings. The Balaban J connectivity index is 3.04. The molecule has 16 heteroatoms. The van der Waals surface area contributed by atoms with E-state index < -0.39 is 63.9 Å². The van der Waals surface area contributed by atoms with Gasteiger partial charge in [0.1, 0.15) is 11.6 Å². The zero-order valence-corrected chi connectivity index (χ0v) is 21.4. The summed E-state index contributed by atoms with van der Waals surface area (Å²) in [6.07, 6.45) is -24.7. The van der Waals surface area contributed by atoms with Crippen molar-refractivity contribution < 1.29 is 57.4 Å². The molecular weight excluding hydrogens is 598 g/mol. The second-order valence-electron chi connectivity index (χ2n) is 8.69. The van der Waals surface area contributed by atoms with Crippen molar-refractivity contribution in [2.75, 3.05) is 19.0 Å². The summed E-state index contributed by atoms with van der Waals surface area (Å²) in [5.74, 6) is -1.90. The number of rotatable bonds is 5. The number of halogens is 12. The summed E-state index contributed by atoms with van der Waals surface area (Å²) in [5.41, 5.74) is -18.1. The van der Waals surface area contributed by atoms with E-state index in [1.807, 2.05) is 0 Å². The lowest BCUT2D eigenvalue weighted by atomic mass is 9.81. The van der Waals surface area contributed by atoms with Crippen LogP contribution in [0.4, 0.5) is 58.4 Å². The predicted octanol–water partition coefficient (Wildman–Crippen LogP) is 8.25. The van der Waals surface area contributed by atoms with Crippen LogP contribution in [0.25, 0.3) is 6.08 Å². The van der Waals surface area contributed by atoms with Crippen molar-refractivity contribution in [2.24, 2.45) is 0 Å². The number of hydrogen-bond donors (Lipinski definition) is 0. The first-order valence-electron chi connectivity index (χ1n) is 11.1. The standard InChI is InChI=1S/C26H17F12N3O/c1-14(12-39)21-17(13-40)19(22(42-21,25(33,34)35)26(36,37)38)20(24(30,31)32)18(23(27,28)29)7-5-4-6-15-8-10-16(11-9-15)41(2)3/h4-11H,1-3H3/b6-4+,7-5+,20-18+,21-14+. The number of hydrogen-bond acceptors (Lipinski definition) is 4. The zero-order chi connectivity index (χ0) is 32.5. The van der Waals surface area contributed by atoms with Gasteiger partial charge in [0, 0.05) is 25.4 Å². The van der Waals surface area contributed by atoms with E-state index in [4.69, 9.17) is 5.26 Å². The van der Waals surface area contributed by atoms with Crippen molar-refractivity contribution in [3.63, 3.8) is 0 Å². The van der Waals surface area contributed by atoms with Crippen LogP contribution in [-0.4, -0.2) is 44.4 Å². The van der Waals surface area contributed by atoms with E-state index in [1.54, 1.807) is 31.1 Å². The van der Waals surface area contributed by atoms with Gasteiger partial charge in [0.15, 0.2) is 5.76 Å². The SMILES string of the molecule is C/C(C#N)=C1\OC(C(F)(F)F)(C(F)(F)F)C(C(=C(/C=C/C=C/c2ccc(N(C)C)cc2)C(F)(F)F)/C(F)(F)F)=C1C#N. The molecule has 0 radical (unpaired) electrons. The van der Waals surface area contributed by atoms with E-state index in [0.717, 1.165) is 18.2 Å². The Morgan fingerprint density at radius 2 is 1.36 bits per heavy atom. The lowest BCUT2D eigenvalue weighted by Gasteiger charge is -2.36. The quantitative estimate of drug-likeness (QED) is 0.190. The van der Waals surface area contributed by atoms with Gasteiger partial charge < -0.3 is 9.64 Å². The van der Waals surface area contributed by atoms with Crippen molar-refractivity contribution in [3.8, 4) is 12.1 Å². The Hall–Kier alpha value is -4.34. The second kappa shape index (κ2) is 11.5. The molecule has 0 saturated carbocycles. The van der Waals surface area contributed by atoms with E-state index in [2.05, 4.69) is 4.74 Å². The smallest absolute Gasteiger partial charge is 0.442 e. The maximum absolute atomic E-state index is 14.2. The normalized spacial score (nSPS) is 18.1. The van der Waals surface area contributed by atoms with E-state index in [-0.39, 0.29) is 6.08 Å². The van der Waals surface area contributed by atoms with Gasteiger partial charge in [-0.2, -0.15) is 63.2 Å². The van der Waals surface area contributed by atoms with Gasteiger partial charge in [0.25, 0.3) is 0 Å². The maximum atomic E-state index is 14.2. The van der Waals surface area contributed by atoms with Crippen molar-refractivity contribution >= 4 is 11.8 Å². The third-order valence-electron chi connectivity index (χ3n) is 5.68. The van der Waals surface area contributed by atoms with Crippen LogP contribution in [0, 0.1) is 22.7 Å². The molecule has 0 aliphatic carbocycles. The summed E-state index contributed by atoms with van der Waals surface area (Å²) in [7, 11) is 3.40. The average molecular weight is 615 g/mol. The number of allylic oxidation sites excluding steroid dienone is 6. The molecule has 0 N–H and O–H groups in total. The van der Waals surface area contributed by atoms with Crippen LogP contribution in [0.1, 0.15) is 12.5 Å². The zero-order valence-electron chi connectivity index (χ0n) is 21.4. The summed E-state index contributed by atoms with van der Waals surface area (Å²) >= 11 is 0. The van der Waals surface area contributed by atoms with Crippen molar-refractivity contribution in [1.82, 2.24) is 0 Å². The van der Waals surface area contributed by atoms with E-state index in [9.17, 15) is 57.9 Å². The fourth-order valence-electron chi connectivity index (χ4n) is 3.78. The van der Waals surface area contributed by atoms with Crippen molar-refractivity contribution in [1.29, 1.82) is 10.5 Å². The molecule has 2 rings (SSSR count). The third-order valence-corrected chi connectivity index (χ3v) is 5.68. The monoisotopic (exact) mass is 615 g/mol. The largest absolute Gasteiger partial charge is 0.462 e. The molecule has 4 nitrogen and oxygen atoms in total. The first-order valence-corrected chi connectivity index (χ1v) is 11.1. The van der Waals surface area contributed by atoms with Gasteiger partial charge in [-0.15, -0.1) is 0 Å². The van der Waals surface area contributed by atoms with Crippen LogP contribution >= 0.6 is 0 Å². The van der Waals surface area contributed by atoms with Gasteiger partial charge in [-0.1, -0.05) is 30.4 Å². The summed E-state index contributed by atoms with van der Waals surface area (Å²) in [5, 5.41) is 18.3. The van der Waals surface area contributed by atoms with Crippen LogP contribution < -0.4 is 4.90 Å². The van der Waals surface area contributed by atoms with Gasteiger partial charge in [0.05, 0.1) is 22.8 Å². The number of anilines is 1. The Morgan fingerprint density at radius 1 is 0.833 bits per heavy atom. The summed E-state index contributed by atoms with van der Waals surface area (Å²) in [6, 6.07) is 7.75. The molecule has 0 aromatic heterocycles. The molecule has 0 atom stereocenters. The van der Waals surface area contributed by atoms with Gasteiger partial charge >= 0.3 is 30.3 Å².